The van der Waals surface area contributed by atoms with E-state index in [0.29, 0.717) is 6.04 Å². The average molecular weight is 236 g/mol. The Kier molecular flexibility index (Phi) is 4.18. The molecule has 1 heterocycles. The molecule has 0 aromatic carbocycles. The summed E-state index contributed by atoms with van der Waals surface area (Å²) >= 11 is 0. The lowest BCUT2D eigenvalue weighted by Crippen LogP contribution is -2.38. The first-order valence-corrected chi connectivity index (χ1v) is 6.64. The van der Waals surface area contributed by atoms with E-state index in [2.05, 4.69) is 41.6 Å². The minimum absolute atomic E-state index is 0.545. The van der Waals surface area contributed by atoms with Gasteiger partial charge in [-0.1, -0.05) is 0 Å². The van der Waals surface area contributed by atoms with Gasteiger partial charge in [0.05, 0.1) is 5.69 Å². The molecule has 1 aromatic heterocycles. The van der Waals surface area contributed by atoms with Crippen LogP contribution < -0.4 is 10.6 Å². The van der Waals surface area contributed by atoms with E-state index in [-0.39, 0.29) is 0 Å². The summed E-state index contributed by atoms with van der Waals surface area (Å²) in [6.45, 7) is 8.50. The molecule has 1 saturated carbocycles. The molecular weight excluding hydrogens is 212 g/mol. The smallest absolute Gasteiger partial charge is 0.0626 e. The van der Waals surface area contributed by atoms with E-state index in [1.54, 1.807) is 0 Å². The van der Waals surface area contributed by atoms with Crippen molar-refractivity contribution in [3.8, 4) is 0 Å². The van der Waals surface area contributed by atoms with Crippen molar-refractivity contribution < 1.29 is 0 Å². The second-order valence-electron chi connectivity index (χ2n) is 5.20. The molecule has 0 spiro atoms. The van der Waals surface area contributed by atoms with Crippen molar-refractivity contribution in [1.82, 2.24) is 20.8 Å². The van der Waals surface area contributed by atoms with E-state index in [1.165, 1.54) is 24.1 Å². The molecule has 96 valence electrons. The zero-order chi connectivity index (χ0) is 12.3. The van der Waals surface area contributed by atoms with E-state index in [1.807, 2.05) is 0 Å². The summed E-state index contributed by atoms with van der Waals surface area (Å²) < 4.78 is 0. The number of nitrogens with zero attached hydrogens (tertiary/aromatic N) is 1. The summed E-state index contributed by atoms with van der Waals surface area (Å²) in [7, 11) is 0. The van der Waals surface area contributed by atoms with Crippen molar-refractivity contribution in [1.29, 1.82) is 0 Å². The molecule has 1 unspecified atom stereocenters. The fourth-order valence-electron chi connectivity index (χ4n) is 2.09. The molecule has 1 atom stereocenters. The van der Waals surface area contributed by atoms with Gasteiger partial charge in [0.25, 0.3) is 0 Å². The van der Waals surface area contributed by atoms with Crippen LogP contribution in [-0.4, -0.2) is 35.4 Å². The molecule has 0 aliphatic heterocycles. The van der Waals surface area contributed by atoms with Crippen molar-refractivity contribution in [2.45, 2.75) is 52.1 Å². The van der Waals surface area contributed by atoms with Crippen LogP contribution in [0.25, 0.3) is 0 Å². The number of aromatic amines is 1. The predicted octanol–water partition coefficient (Wildman–Crippen LogP) is 1.30. The fraction of sp³-hybridized carbons (Fsp3) is 0.769. The first-order chi connectivity index (χ1) is 8.16. The van der Waals surface area contributed by atoms with Crippen LogP contribution in [0.1, 0.15) is 36.7 Å². The Hall–Kier alpha value is -0.870. The minimum atomic E-state index is 0.545. The molecule has 0 bridgehead atoms. The zero-order valence-corrected chi connectivity index (χ0v) is 11.1. The molecule has 0 radical (unpaired) electrons. The normalized spacial score (nSPS) is 17.4. The van der Waals surface area contributed by atoms with Crippen molar-refractivity contribution in [2.24, 2.45) is 0 Å². The molecule has 17 heavy (non-hydrogen) atoms. The summed E-state index contributed by atoms with van der Waals surface area (Å²) in [5.41, 5.74) is 3.70. The van der Waals surface area contributed by atoms with Crippen molar-refractivity contribution in [2.75, 3.05) is 13.1 Å². The van der Waals surface area contributed by atoms with Crippen LogP contribution in [0.2, 0.25) is 0 Å². The second-order valence-corrected chi connectivity index (χ2v) is 5.20. The van der Waals surface area contributed by atoms with E-state index >= 15 is 0 Å². The number of aromatic nitrogens is 2. The number of aryl methyl sites for hydroxylation is 2. The fourth-order valence-corrected chi connectivity index (χ4v) is 2.09. The lowest BCUT2D eigenvalue weighted by atomic mass is 10.1. The standard InChI is InChI=1S/C13H24N4/c1-9(8-15-12-4-5-12)14-7-6-13-10(2)16-17-11(13)3/h9,12,14-15H,4-8H2,1-3H3,(H,16,17). The summed E-state index contributed by atoms with van der Waals surface area (Å²) in [4.78, 5) is 0. The number of H-pyrrole nitrogens is 1. The Labute approximate surface area is 104 Å². The van der Waals surface area contributed by atoms with Gasteiger partial charge in [0, 0.05) is 24.3 Å². The van der Waals surface area contributed by atoms with Gasteiger partial charge >= 0.3 is 0 Å². The molecule has 3 N–H and O–H groups in total. The van der Waals surface area contributed by atoms with Crippen LogP contribution in [-0.2, 0) is 6.42 Å². The molecular formula is C13H24N4. The van der Waals surface area contributed by atoms with Gasteiger partial charge in [-0.2, -0.15) is 5.10 Å². The zero-order valence-electron chi connectivity index (χ0n) is 11.1. The van der Waals surface area contributed by atoms with Gasteiger partial charge in [0.1, 0.15) is 0 Å². The summed E-state index contributed by atoms with van der Waals surface area (Å²) in [6, 6.07) is 1.35. The van der Waals surface area contributed by atoms with E-state index in [4.69, 9.17) is 0 Å². The van der Waals surface area contributed by atoms with Crippen LogP contribution in [0.4, 0.5) is 0 Å². The average Bonchev–Trinajstić information content (AvgIpc) is 3.07. The third-order valence-corrected chi connectivity index (χ3v) is 3.44. The van der Waals surface area contributed by atoms with Crippen LogP contribution in [0.5, 0.6) is 0 Å². The molecule has 0 saturated heterocycles. The van der Waals surface area contributed by atoms with Crippen LogP contribution in [0.15, 0.2) is 0 Å². The predicted molar refractivity (Wildman–Crippen MR) is 70.3 cm³/mol. The van der Waals surface area contributed by atoms with Crippen molar-refractivity contribution >= 4 is 0 Å². The molecule has 4 nitrogen and oxygen atoms in total. The Morgan fingerprint density at radius 2 is 2.18 bits per heavy atom. The maximum atomic E-state index is 4.22. The molecule has 4 heteroatoms. The number of nitrogens with one attached hydrogen (secondary N) is 3. The lowest BCUT2D eigenvalue weighted by Gasteiger charge is -2.14. The number of hydrogen-bond donors (Lipinski definition) is 3. The Bertz CT molecular complexity index is 335. The highest BCUT2D eigenvalue weighted by molar-refractivity contribution is 5.23. The topological polar surface area (TPSA) is 52.7 Å². The summed E-state index contributed by atoms with van der Waals surface area (Å²) in [5.74, 6) is 0. The monoisotopic (exact) mass is 236 g/mol. The largest absolute Gasteiger partial charge is 0.313 e. The molecule has 0 amide bonds. The Balaban J connectivity index is 1.64. The number of hydrogen-bond acceptors (Lipinski definition) is 3. The molecule has 1 fully saturated rings. The van der Waals surface area contributed by atoms with Crippen LogP contribution in [0.3, 0.4) is 0 Å². The van der Waals surface area contributed by atoms with Crippen molar-refractivity contribution in [3.63, 3.8) is 0 Å². The molecule has 1 aliphatic carbocycles. The third kappa shape index (κ3) is 3.82. The molecule has 1 aromatic rings. The highest BCUT2D eigenvalue weighted by atomic mass is 15.1. The SMILES string of the molecule is Cc1n[nH]c(C)c1CCNC(C)CNC1CC1. The van der Waals surface area contributed by atoms with Gasteiger partial charge in [-0.3, -0.25) is 5.10 Å². The summed E-state index contributed by atoms with van der Waals surface area (Å²) in [6.07, 6.45) is 3.78. The first kappa shape index (κ1) is 12.6. The highest BCUT2D eigenvalue weighted by Gasteiger charge is 2.20. The Morgan fingerprint density at radius 3 is 2.76 bits per heavy atom. The second kappa shape index (κ2) is 5.65. The summed E-state index contributed by atoms with van der Waals surface area (Å²) in [5, 5.41) is 14.3. The van der Waals surface area contributed by atoms with Crippen molar-refractivity contribution in [3.05, 3.63) is 17.0 Å². The Morgan fingerprint density at radius 1 is 1.41 bits per heavy atom. The van der Waals surface area contributed by atoms with E-state index < -0.39 is 0 Å². The molecule has 1 aliphatic rings. The van der Waals surface area contributed by atoms with Gasteiger partial charge in [-0.15, -0.1) is 0 Å². The van der Waals surface area contributed by atoms with Gasteiger partial charge in [-0.25, -0.2) is 0 Å². The van der Waals surface area contributed by atoms with Crippen LogP contribution >= 0.6 is 0 Å². The lowest BCUT2D eigenvalue weighted by molar-refractivity contribution is 0.502. The minimum Gasteiger partial charge on any atom is -0.313 e. The van der Waals surface area contributed by atoms with E-state index in [9.17, 15) is 0 Å². The maximum Gasteiger partial charge on any atom is 0.0626 e. The van der Waals surface area contributed by atoms with Crippen LogP contribution in [0, 0.1) is 13.8 Å². The van der Waals surface area contributed by atoms with Gasteiger partial charge < -0.3 is 10.6 Å². The van der Waals surface area contributed by atoms with Gasteiger partial charge in [0.2, 0.25) is 0 Å². The third-order valence-electron chi connectivity index (χ3n) is 3.44. The van der Waals surface area contributed by atoms with E-state index in [0.717, 1.165) is 31.2 Å². The van der Waals surface area contributed by atoms with Gasteiger partial charge in [0.15, 0.2) is 0 Å². The maximum absolute atomic E-state index is 4.22. The van der Waals surface area contributed by atoms with Gasteiger partial charge in [-0.05, 0) is 52.1 Å². The number of rotatable bonds is 7. The quantitative estimate of drug-likeness (QED) is 0.669. The highest BCUT2D eigenvalue weighted by Crippen LogP contribution is 2.18. The first-order valence-electron chi connectivity index (χ1n) is 6.64. The molecule has 2 rings (SSSR count).